The summed E-state index contributed by atoms with van der Waals surface area (Å²) in [6.45, 7) is -0.268. The van der Waals surface area contributed by atoms with Crippen molar-refractivity contribution in [2.75, 3.05) is 13.7 Å². The van der Waals surface area contributed by atoms with Gasteiger partial charge in [0.1, 0.15) is 5.75 Å². The number of carbonyl (C=O) groups is 1. The third kappa shape index (κ3) is 2.71. The van der Waals surface area contributed by atoms with Crippen LogP contribution >= 0.6 is 0 Å². The molecule has 1 aromatic carbocycles. The van der Waals surface area contributed by atoms with E-state index in [2.05, 4.69) is 0 Å². The standard InChI is InChI=1S/C11H13F2NO3/c1-17-8-4-2-3-6(10(12)13)9(8)7(5-14)11(15)16/h2-4,7,10H,5,14H2,1H3,(H,15,16). The number of aliphatic carboxylic acids is 1. The molecule has 94 valence electrons. The molecule has 0 spiro atoms. The highest BCUT2D eigenvalue weighted by molar-refractivity contribution is 5.78. The van der Waals surface area contributed by atoms with Crippen molar-refractivity contribution < 1.29 is 23.4 Å². The van der Waals surface area contributed by atoms with E-state index in [1.807, 2.05) is 0 Å². The van der Waals surface area contributed by atoms with Crippen LogP contribution in [0.4, 0.5) is 8.78 Å². The molecule has 6 heteroatoms. The van der Waals surface area contributed by atoms with Gasteiger partial charge in [0.05, 0.1) is 13.0 Å². The smallest absolute Gasteiger partial charge is 0.312 e. The molecule has 1 unspecified atom stereocenters. The van der Waals surface area contributed by atoms with Gasteiger partial charge in [-0.05, 0) is 6.07 Å². The highest BCUT2D eigenvalue weighted by atomic mass is 19.3. The number of carboxylic acid groups (broad SMARTS) is 1. The first-order valence-electron chi connectivity index (χ1n) is 4.90. The lowest BCUT2D eigenvalue weighted by molar-refractivity contribution is -0.138. The zero-order valence-corrected chi connectivity index (χ0v) is 9.19. The van der Waals surface area contributed by atoms with Gasteiger partial charge in [-0.15, -0.1) is 0 Å². The molecule has 3 N–H and O–H groups in total. The number of halogens is 2. The Morgan fingerprint density at radius 3 is 2.59 bits per heavy atom. The Morgan fingerprint density at radius 2 is 2.18 bits per heavy atom. The molecule has 1 aromatic rings. The van der Waals surface area contributed by atoms with Crippen molar-refractivity contribution in [3.63, 3.8) is 0 Å². The van der Waals surface area contributed by atoms with E-state index in [0.717, 1.165) is 0 Å². The van der Waals surface area contributed by atoms with Crippen molar-refractivity contribution in [1.29, 1.82) is 0 Å². The molecule has 0 aliphatic heterocycles. The fraction of sp³-hybridized carbons (Fsp3) is 0.364. The van der Waals surface area contributed by atoms with Gasteiger partial charge in [-0.2, -0.15) is 0 Å². The maximum Gasteiger partial charge on any atom is 0.312 e. The molecule has 0 fully saturated rings. The first-order chi connectivity index (χ1) is 8.02. The van der Waals surface area contributed by atoms with Gasteiger partial charge in [-0.3, -0.25) is 4.79 Å². The molecule has 4 nitrogen and oxygen atoms in total. The second kappa shape index (κ2) is 5.58. The molecule has 1 rings (SSSR count). The van der Waals surface area contributed by atoms with Crippen molar-refractivity contribution in [3.05, 3.63) is 29.3 Å². The summed E-state index contributed by atoms with van der Waals surface area (Å²) >= 11 is 0. The van der Waals surface area contributed by atoms with E-state index < -0.39 is 18.3 Å². The number of methoxy groups -OCH3 is 1. The normalized spacial score (nSPS) is 12.5. The number of ether oxygens (including phenoxy) is 1. The highest BCUT2D eigenvalue weighted by Crippen LogP contribution is 2.35. The first kappa shape index (κ1) is 13.4. The van der Waals surface area contributed by atoms with Gasteiger partial charge in [0.15, 0.2) is 0 Å². The Bertz CT molecular complexity index is 410. The van der Waals surface area contributed by atoms with E-state index in [1.165, 1.54) is 25.3 Å². The van der Waals surface area contributed by atoms with Crippen molar-refractivity contribution in [2.45, 2.75) is 12.3 Å². The molecular weight excluding hydrogens is 232 g/mol. The molecule has 0 amide bonds. The Labute approximate surface area is 97.0 Å². The van der Waals surface area contributed by atoms with E-state index in [0.29, 0.717) is 0 Å². The summed E-state index contributed by atoms with van der Waals surface area (Å²) in [5.74, 6) is -2.34. The molecule has 0 radical (unpaired) electrons. The van der Waals surface area contributed by atoms with E-state index in [9.17, 15) is 13.6 Å². The van der Waals surface area contributed by atoms with Crippen LogP contribution in [0.1, 0.15) is 23.5 Å². The number of hydrogen-bond acceptors (Lipinski definition) is 3. The number of alkyl halides is 2. The van der Waals surface area contributed by atoms with Crippen LogP contribution in [0.15, 0.2) is 18.2 Å². The summed E-state index contributed by atoms with van der Waals surface area (Å²) in [6.07, 6.45) is -2.77. The minimum Gasteiger partial charge on any atom is -0.496 e. The monoisotopic (exact) mass is 245 g/mol. The largest absolute Gasteiger partial charge is 0.496 e. The topological polar surface area (TPSA) is 72.5 Å². The van der Waals surface area contributed by atoms with Crippen LogP contribution in [0.5, 0.6) is 5.75 Å². The van der Waals surface area contributed by atoms with Crippen LogP contribution < -0.4 is 10.5 Å². The number of hydrogen-bond donors (Lipinski definition) is 2. The SMILES string of the molecule is COc1cccc(C(F)F)c1C(CN)C(=O)O. The van der Waals surface area contributed by atoms with E-state index in [-0.39, 0.29) is 23.4 Å². The van der Waals surface area contributed by atoms with E-state index in [4.69, 9.17) is 15.6 Å². The average molecular weight is 245 g/mol. The van der Waals surface area contributed by atoms with Gasteiger partial charge >= 0.3 is 5.97 Å². The third-order valence-electron chi connectivity index (χ3n) is 2.44. The highest BCUT2D eigenvalue weighted by Gasteiger charge is 2.28. The fourth-order valence-electron chi connectivity index (χ4n) is 1.64. The second-order valence-corrected chi connectivity index (χ2v) is 3.39. The molecule has 0 saturated heterocycles. The number of carboxylic acids is 1. The predicted molar refractivity (Wildman–Crippen MR) is 57.4 cm³/mol. The maximum atomic E-state index is 12.8. The molecule has 1 atom stereocenters. The van der Waals surface area contributed by atoms with Gasteiger partial charge in [0.2, 0.25) is 0 Å². The van der Waals surface area contributed by atoms with Crippen LogP contribution in [0.2, 0.25) is 0 Å². The average Bonchev–Trinajstić information content (AvgIpc) is 2.29. The number of nitrogens with two attached hydrogens (primary N) is 1. The van der Waals surface area contributed by atoms with E-state index >= 15 is 0 Å². The molecule has 0 aromatic heterocycles. The Kier molecular flexibility index (Phi) is 4.39. The van der Waals surface area contributed by atoms with Crippen LogP contribution in [-0.4, -0.2) is 24.7 Å². The summed E-state index contributed by atoms with van der Waals surface area (Å²) in [4.78, 5) is 11.0. The second-order valence-electron chi connectivity index (χ2n) is 3.39. The molecule has 0 aliphatic carbocycles. The third-order valence-corrected chi connectivity index (χ3v) is 2.44. The van der Waals surface area contributed by atoms with Gasteiger partial charge in [-0.1, -0.05) is 12.1 Å². The molecule has 0 saturated carbocycles. The summed E-state index contributed by atoms with van der Waals surface area (Å²) < 4.78 is 30.5. The van der Waals surface area contributed by atoms with E-state index in [1.54, 1.807) is 0 Å². The number of rotatable bonds is 5. The fourth-order valence-corrected chi connectivity index (χ4v) is 1.64. The van der Waals surface area contributed by atoms with Crippen LogP contribution in [0, 0.1) is 0 Å². The Morgan fingerprint density at radius 1 is 1.53 bits per heavy atom. The lowest BCUT2D eigenvalue weighted by atomic mass is 9.93. The molecule has 0 bridgehead atoms. The summed E-state index contributed by atoms with van der Waals surface area (Å²) in [7, 11) is 1.30. The quantitative estimate of drug-likeness (QED) is 0.829. The first-order valence-corrected chi connectivity index (χ1v) is 4.90. The predicted octanol–water partition coefficient (Wildman–Crippen LogP) is 1.76. The van der Waals surface area contributed by atoms with Crippen LogP contribution in [-0.2, 0) is 4.79 Å². The molecule has 0 aliphatic rings. The summed E-state index contributed by atoms with van der Waals surface area (Å²) in [5.41, 5.74) is 4.90. The Hall–Kier alpha value is -1.69. The lowest BCUT2D eigenvalue weighted by Gasteiger charge is -2.18. The van der Waals surface area contributed by atoms with Crippen LogP contribution in [0.25, 0.3) is 0 Å². The van der Waals surface area contributed by atoms with Crippen molar-refractivity contribution in [3.8, 4) is 5.75 Å². The summed E-state index contributed by atoms with van der Waals surface area (Å²) in [5, 5.41) is 8.97. The van der Waals surface area contributed by atoms with Gasteiger partial charge in [-0.25, -0.2) is 8.78 Å². The summed E-state index contributed by atoms with van der Waals surface area (Å²) in [6, 6.07) is 4.00. The van der Waals surface area contributed by atoms with Crippen molar-refractivity contribution in [2.24, 2.45) is 5.73 Å². The van der Waals surface area contributed by atoms with Crippen molar-refractivity contribution in [1.82, 2.24) is 0 Å². The minimum atomic E-state index is -2.77. The zero-order valence-electron chi connectivity index (χ0n) is 9.19. The van der Waals surface area contributed by atoms with Crippen molar-refractivity contribution >= 4 is 5.97 Å². The molecular formula is C11H13F2NO3. The zero-order chi connectivity index (χ0) is 13.0. The maximum absolute atomic E-state index is 12.8. The Balaban J connectivity index is 3.39. The van der Waals surface area contributed by atoms with Gasteiger partial charge in [0, 0.05) is 17.7 Å². The van der Waals surface area contributed by atoms with Gasteiger partial charge in [0.25, 0.3) is 6.43 Å². The van der Waals surface area contributed by atoms with Gasteiger partial charge < -0.3 is 15.6 Å². The van der Waals surface area contributed by atoms with Crippen LogP contribution in [0.3, 0.4) is 0 Å². The molecule has 17 heavy (non-hydrogen) atoms. The number of benzene rings is 1. The minimum absolute atomic E-state index is 0.0556. The molecule has 0 heterocycles. The lowest BCUT2D eigenvalue weighted by Crippen LogP contribution is -2.23.